The van der Waals surface area contributed by atoms with Gasteiger partial charge in [0.25, 0.3) is 5.56 Å². The van der Waals surface area contributed by atoms with E-state index in [2.05, 4.69) is 22.2 Å². The second-order valence-electron chi connectivity index (χ2n) is 4.16. The number of H-pyrrole nitrogens is 1. The van der Waals surface area contributed by atoms with Crippen molar-refractivity contribution in [3.05, 3.63) is 15.9 Å². The molecule has 1 aliphatic rings. The summed E-state index contributed by atoms with van der Waals surface area (Å²) < 4.78 is 0. The minimum Gasteiger partial charge on any atom is -0.370 e. The van der Waals surface area contributed by atoms with Gasteiger partial charge in [-0.2, -0.15) is 4.98 Å². The Labute approximate surface area is 88.5 Å². The first-order valence-corrected chi connectivity index (χ1v) is 5.15. The van der Waals surface area contributed by atoms with Crippen molar-refractivity contribution < 1.29 is 0 Å². The van der Waals surface area contributed by atoms with Gasteiger partial charge in [0.15, 0.2) is 0 Å². The lowest BCUT2D eigenvalue weighted by Crippen LogP contribution is -2.28. The molecule has 82 valence electrons. The molecule has 1 atom stereocenters. The second kappa shape index (κ2) is 3.56. The van der Waals surface area contributed by atoms with E-state index in [9.17, 15) is 4.79 Å². The quantitative estimate of drug-likeness (QED) is 0.715. The Balaban J connectivity index is 2.56. The topological polar surface area (TPSA) is 61.0 Å². The first-order chi connectivity index (χ1) is 7.09. The molecule has 0 radical (unpaired) electrons. The lowest BCUT2D eigenvalue weighted by molar-refractivity contribution is 0.664. The first-order valence-electron chi connectivity index (χ1n) is 5.15. The Hall–Kier alpha value is -1.52. The van der Waals surface area contributed by atoms with E-state index in [1.165, 1.54) is 0 Å². The van der Waals surface area contributed by atoms with Crippen LogP contribution in [0.25, 0.3) is 0 Å². The maximum atomic E-state index is 11.8. The van der Waals surface area contributed by atoms with Crippen molar-refractivity contribution in [1.82, 2.24) is 9.97 Å². The number of nitrogens with one attached hydrogen (secondary N) is 2. The minimum atomic E-state index is -0.0246. The van der Waals surface area contributed by atoms with Gasteiger partial charge in [0.05, 0.1) is 5.56 Å². The Kier molecular flexibility index (Phi) is 2.38. The maximum Gasteiger partial charge on any atom is 0.257 e. The number of nitrogens with zero attached hydrogens (tertiary/aromatic N) is 2. The highest BCUT2D eigenvalue weighted by Gasteiger charge is 2.21. The van der Waals surface area contributed by atoms with Crippen LogP contribution in [0.4, 0.5) is 11.8 Å². The van der Waals surface area contributed by atoms with Crippen molar-refractivity contribution in [3.63, 3.8) is 0 Å². The highest BCUT2D eigenvalue weighted by molar-refractivity contribution is 5.50. The zero-order chi connectivity index (χ0) is 11.0. The number of hydrogen-bond donors (Lipinski definition) is 2. The van der Waals surface area contributed by atoms with E-state index in [-0.39, 0.29) is 11.5 Å². The summed E-state index contributed by atoms with van der Waals surface area (Å²) in [6.07, 6.45) is 0.985. The van der Waals surface area contributed by atoms with Crippen LogP contribution in [0.2, 0.25) is 0 Å². The fourth-order valence-corrected chi connectivity index (χ4v) is 1.83. The van der Waals surface area contributed by atoms with Gasteiger partial charge in [-0.25, -0.2) is 0 Å². The summed E-state index contributed by atoms with van der Waals surface area (Å²) >= 11 is 0. The van der Waals surface area contributed by atoms with Gasteiger partial charge < -0.3 is 10.2 Å². The predicted octanol–water partition coefficient (Wildman–Crippen LogP) is 0.755. The fourth-order valence-electron chi connectivity index (χ4n) is 1.83. The summed E-state index contributed by atoms with van der Waals surface area (Å²) in [5.41, 5.74) is 0.759. The maximum absolute atomic E-state index is 11.8. The molecule has 1 aromatic heterocycles. The smallest absolute Gasteiger partial charge is 0.257 e. The molecule has 0 unspecified atom stereocenters. The number of rotatable bonds is 1. The monoisotopic (exact) mass is 208 g/mol. The molecule has 15 heavy (non-hydrogen) atoms. The van der Waals surface area contributed by atoms with E-state index in [0.717, 1.165) is 24.3 Å². The highest BCUT2D eigenvalue weighted by Crippen LogP contribution is 2.26. The van der Waals surface area contributed by atoms with Crippen LogP contribution in [0, 0.1) is 0 Å². The number of hydrogen-bond acceptors (Lipinski definition) is 4. The third kappa shape index (κ3) is 1.69. The third-order valence-corrected chi connectivity index (χ3v) is 2.73. The first kappa shape index (κ1) is 10.0. The average molecular weight is 208 g/mol. The van der Waals surface area contributed by atoms with E-state index in [0.29, 0.717) is 5.95 Å². The molecule has 5 heteroatoms. The molecular weight excluding hydrogens is 192 g/mol. The number of anilines is 2. The van der Waals surface area contributed by atoms with Crippen molar-refractivity contribution in [2.75, 3.05) is 30.9 Å². The Morgan fingerprint density at radius 2 is 2.20 bits per heavy atom. The van der Waals surface area contributed by atoms with Gasteiger partial charge in [0.2, 0.25) is 5.95 Å². The van der Waals surface area contributed by atoms with Gasteiger partial charge in [-0.15, -0.1) is 0 Å². The summed E-state index contributed by atoms with van der Waals surface area (Å²) in [5, 5.41) is 3.17. The average Bonchev–Trinajstić information content (AvgIpc) is 2.17. The largest absolute Gasteiger partial charge is 0.370 e. The number of aromatic amines is 1. The van der Waals surface area contributed by atoms with E-state index in [4.69, 9.17) is 0 Å². The Bertz CT molecular complexity index is 424. The lowest BCUT2D eigenvalue weighted by Gasteiger charge is -2.23. The van der Waals surface area contributed by atoms with E-state index < -0.39 is 0 Å². The van der Waals surface area contributed by atoms with Gasteiger partial charge in [0.1, 0.15) is 5.82 Å². The van der Waals surface area contributed by atoms with Gasteiger partial charge >= 0.3 is 0 Å². The Morgan fingerprint density at radius 1 is 1.47 bits per heavy atom. The summed E-state index contributed by atoms with van der Waals surface area (Å²) in [5.74, 6) is 1.62. The van der Waals surface area contributed by atoms with Crippen molar-refractivity contribution in [3.8, 4) is 0 Å². The molecule has 0 spiro atoms. The molecule has 0 amide bonds. The summed E-state index contributed by atoms with van der Waals surface area (Å²) in [6.45, 7) is 2.95. The molecule has 5 nitrogen and oxygen atoms in total. The van der Waals surface area contributed by atoms with Crippen molar-refractivity contribution in [1.29, 1.82) is 0 Å². The molecule has 2 rings (SSSR count). The number of fused-ring (bicyclic) bond motifs is 1. The molecule has 0 fully saturated rings. The van der Waals surface area contributed by atoms with Crippen LogP contribution >= 0.6 is 0 Å². The van der Waals surface area contributed by atoms with Crippen LogP contribution in [-0.4, -0.2) is 30.6 Å². The van der Waals surface area contributed by atoms with Gasteiger partial charge in [-0.05, 0) is 12.3 Å². The van der Waals surface area contributed by atoms with E-state index >= 15 is 0 Å². The SMILES string of the molecule is C[C@@H]1CCNc2nc(N(C)C)[nH]c(=O)c21. The fraction of sp³-hybridized carbons (Fsp3) is 0.600. The Morgan fingerprint density at radius 3 is 2.87 bits per heavy atom. The van der Waals surface area contributed by atoms with Crippen LogP contribution in [-0.2, 0) is 0 Å². The van der Waals surface area contributed by atoms with Crippen LogP contribution in [0.1, 0.15) is 24.8 Å². The van der Waals surface area contributed by atoms with Crippen molar-refractivity contribution in [2.24, 2.45) is 0 Å². The van der Waals surface area contributed by atoms with Crippen LogP contribution in [0.15, 0.2) is 4.79 Å². The standard InChI is InChI=1S/C10H16N4O/c1-6-4-5-11-8-7(6)9(15)13-10(12-8)14(2)3/h6H,4-5H2,1-3H3,(H2,11,12,13,15)/t6-/m1/s1. The van der Waals surface area contributed by atoms with Crippen molar-refractivity contribution >= 4 is 11.8 Å². The van der Waals surface area contributed by atoms with Crippen LogP contribution in [0.3, 0.4) is 0 Å². The van der Waals surface area contributed by atoms with Gasteiger partial charge in [0, 0.05) is 20.6 Å². The lowest BCUT2D eigenvalue weighted by atomic mass is 9.96. The summed E-state index contributed by atoms with van der Waals surface area (Å²) in [4.78, 5) is 20.8. The molecule has 0 aliphatic carbocycles. The summed E-state index contributed by atoms with van der Waals surface area (Å²) in [6, 6.07) is 0. The highest BCUT2D eigenvalue weighted by atomic mass is 16.1. The minimum absolute atomic E-state index is 0.0246. The molecule has 2 N–H and O–H groups in total. The summed E-state index contributed by atoms with van der Waals surface area (Å²) in [7, 11) is 3.72. The van der Waals surface area contributed by atoms with Crippen LogP contribution < -0.4 is 15.8 Å². The van der Waals surface area contributed by atoms with Crippen molar-refractivity contribution in [2.45, 2.75) is 19.3 Å². The zero-order valence-electron chi connectivity index (χ0n) is 9.29. The van der Waals surface area contributed by atoms with E-state index in [1.807, 2.05) is 14.1 Å². The molecule has 1 aliphatic heterocycles. The normalized spacial score (nSPS) is 19.3. The molecule has 2 heterocycles. The molecule has 0 aromatic carbocycles. The molecule has 0 saturated carbocycles. The molecule has 0 bridgehead atoms. The van der Waals surface area contributed by atoms with Crippen LogP contribution in [0.5, 0.6) is 0 Å². The second-order valence-corrected chi connectivity index (χ2v) is 4.16. The van der Waals surface area contributed by atoms with Gasteiger partial charge in [-0.3, -0.25) is 9.78 Å². The molecular formula is C10H16N4O. The predicted molar refractivity (Wildman–Crippen MR) is 60.7 cm³/mol. The van der Waals surface area contributed by atoms with E-state index in [1.54, 1.807) is 4.90 Å². The third-order valence-electron chi connectivity index (χ3n) is 2.73. The molecule has 0 saturated heterocycles. The van der Waals surface area contributed by atoms with Gasteiger partial charge in [-0.1, -0.05) is 6.92 Å². The number of aromatic nitrogens is 2. The zero-order valence-corrected chi connectivity index (χ0v) is 9.29. The molecule has 1 aromatic rings.